The highest BCUT2D eigenvalue weighted by molar-refractivity contribution is 7.98. The van der Waals surface area contributed by atoms with Gasteiger partial charge in [-0.1, -0.05) is 102 Å². The Morgan fingerprint density at radius 3 is 1.60 bits per heavy atom. The number of rotatable bonds is 18. The zero-order chi connectivity index (χ0) is 73.4. The van der Waals surface area contributed by atoms with Gasteiger partial charge >= 0.3 is 0 Å². The number of fused-ring (bicyclic) bond motifs is 3. The molecule has 0 radical (unpaired) electrons. The third kappa shape index (κ3) is 24.1. The lowest BCUT2D eigenvalue weighted by Crippen LogP contribution is -2.62. The van der Waals surface area contributed by atoms with Gasteiger partial charge in [0.15, 0.2) is 11.6 Å². The molecule has 546 valence electrons. The van der Waals surface area contributed by atoms with Crippen LogP contribution in [0.25, 0.3) is 0 Å². The predicted octanol–water partition coefficient (Wildman–Crippen LogP) is 7.75. The standard InChI is InChI=1S/C76H106N8O14S2/c1-46(2)34-60-66(85)41-55(38-50-18-24-56(96-11)25-19-50)70(89)80-62(39-51-20-26-57(97-12)27-21-51)73(92)83(9)65(36-48(5)6)67(86)42-59(49(7)95-10)71(90)81-63(40-52-22-28-58(98-13)29-23-52)74(93)84-32-15-31-76(84,8)75(94)82-64(69(77)88)45-100-44-54-17-14-16-53(37-54)43-99-33-30-68(87)78-61(35-47(3)4)72(91)79-60/h14,16-29,37,46-49,55,59-65H,15,30-36,38-45H2,1-13H3,(H2,77,88)(H,78,87)(H,79,91)(H,80,89)(H,81,90)(H,82,94)/t49-,55-,59+,60-,61+,62+,63+,64+,65+,76+/m1/s1. The summed E-state index contributed by atoms with van der Waals surface area (Å²) >= 11 is 2.94. The molecule has 0 unspecified atom stereocenters. The van der Waals surface area contributed by atoms with Crippen LogP contribution < -0.4 is 46.5 Å². The second-order valence-electron chi connectivity index (χ2n) is 27.8. The SMILES string of the molecule is COc1ccc(C[C@@H]2CC(=O)[C@@H](CC(C)C)NC(=O)[C@H](CC(C)C)NC(=O)CCSCc3cccc(c3)CSC[C@@H](C(N)=O)NC(=O)[C@]3(C)CCCN3C(=O)[C@H](Cc3ccc(OC)cc3)NC(=O)[C@H]([C@@H](C)OC)CC(=O)[C@H](CC(C)C)N(C)C(=O)[C@H](Cc3ccc(OC)cc3)NC2=O)cc1. The predicted molar refractivity (Wildman–Crippen MR) is 389 cm³/mol. The molecule has 0 spiro atoms. The molecule has 2 aliphatic heterocycles. The average molecular weight is 1420 g/mol. The third-order valence-electron chi connectivity index (χ3n) is 18.6. The van der Waals surface area contributed by atoms with E-state index >= 15 is 28.8 Å². The van der Waals surface area contributed by atoms with E-state index in [1.165, 1.54) is 57.0 Å². The number of amides is 8. The summed E-state index contributed by atoms with van der Waals surface area (Å²) in [6.07, 6.45) is -0.436. The second-order valence-corrected chi connectivity index (χ2v) is 30.0. The van der Waals surface area contributed by atoms with Gasteiger partial charge in [-0.25, -0.2) is 0 Å². The summed E-state index contributed by atoms with van der Waals surface area (Å²) in [7, 11) is 7.46. The zero-order valence-corrected chi connectivity index (χ0v) is 62.1. The Bertz CT molecular complexity index is 3410. The van der Waals surface area contributed by atoms with E-state index in [-0.39, 0.29) is 93.7 Å². The van der Waals surface area contributed by atoms with Crippen LogP contribution in [0.4, 0.5) is 0 Å². The van der Waals surface area contributed by atoms with Crippen molar-refractivity contribution in [3.63, 3.8) is 0 Å². The largest absolute Gasteiger partial charge is 0.497 e. The number of methoxy groups -OCH3 is 4. The van der Waals surface area contributed by atoms with E-state index in [1.54, 1.807) is 98.4 Å². The van der Waals surface area contributed by atoms with Crippen LogP contribution >= 0.6 is 23.5 Å². The number of nitrogens with two attached hydrogens (primary N) is 1. The molecule has 6 rings (SSSR count). The van der Waals surface area contributed by atoms with Crippen molar-refractivity contribution in [3.8, 4) is 17.2 Å². The maximum Gasteiger partial charge on any atom is 0.246 e. The lowest BCUT2D eigenvalue weighted by atomic mass is 9.88. The normalized spacial score (nSPS) is 24.1. The van der Waals surface area contributed by atoms with Crippen molar-refractivity contribution in [3.05, 3.63) is 125 Å². The smallest absolute Gasteiger partial charge is 0.246 e. The van der Waals surface area contributed by atoms with Crippen LogP contribution in [0.2, 0.25) is 0 Å². The van der Waals surface area contributed by atoms with Crippen molar-refractivity contribution >= 4 is 82.3 Å². The van der Waals surface area contributed by atoms with Gasteiger partial charge in [0, 0.05) is 81.7 Å². The van der Waals surface area contributed by atoms with Crippen LogP contribution in [0.15, 0.2) is 97.1 Å². The van der Waals surface area contributed by atoms with Gasteiger partial charge in [-0.15, -0.1) is 0 Å². The summed E-state index contributed by atoms with van der Waals surface area (Å²) in [5, 5.41) is 14.8. The highest BCUT2D eigenvalue weighted by Crippen LogP contribution is 2.32. The molecule has 4 aromatic carbocycles. The van der Waals surface area contributed by atoms with Gasteiger partial charge in [0.2, 0.25) is 47.3 Å². The number of nitrogens with one attached hydrogen (secondary N) is 5. The first-order chi connectivity index (χ1) is 47.5. The number of carbonyl (C=O) groups excluding carboxylic acids is 10. The van der Waals surface area contributed by atoms with Crippen LogP contribution in [0.3, 0.4) is 0 Å². The molecule has 22 nitrogen and oxygen atoms in total. The molecule has 7 N–H and O–H groups in total. The lowest BCUT2D eigenvalue weighted by molar-refractivity contribution is -0.148. The van der Waals surface area contributed by atoms with Gasteiger partial charge < -0.3 is 61.1 Å². The summed E-state index contributed by atoms with van der Waals surface area (Å²) in [6, 6.07) is 21.9. The van der Waals surface area contributed by atoms with Crippen LogP contribution in [0.1, 0.15) is 135 Å². The van der Waals surface area contributed by atoms with E-state index in [0.717, 1.165) is 11.1 Å². The molecule has 24 heteroatoms. The van der Waals surface area contributed by atoms with E-state index in [4.69, 9.17) is 24.7 Å². The third-order valence-corrected chi connectivity index (χ3v) is 20.7. The molecule has 1 fully saturated rings. The summed E-state index contributed by atoms with van der Waals surface area (Å²) in [6.45, 7) is 14.9. The Morgan fingerprint density at radius 1 is 0.580 bits per heavy atom. The summed E-state index contributed by atoms with van der Waals surface area (Å²) in [5.41, 5.74) is 8.36. The van der Waals surface area contributed by atoms with Crippen molar-refractivity contribution in [2.24, 2.45) is 35.3 Å². The Labute approximate surface area is 598 Å². The number of ether oxygens (including phenoxy) is 4. The average Bonchev–Trinajstić information content (AvgIpc) is 1.59. The quantitative estimate of drug-likeness (QED) is 0.0555. The molecular formula is C76H106N8O14S2. The highest BCUT2D eigenvalue weighted by Gasteiger charge is 2.49. The van der Waals surface area contributed by atoms with E-state index in [1.807, 2.05) is 65.8 Å². The molecule has 0 saturated carbocycles. The molecule has 2 aliphatic rings. The van der Waals surface area contributed by atoms with Crippen molar-refractivity contribution in [2.75, 3.05) is 53.5 Å². The van der Waals surface area contributed by atoms with Gasteiger partial charge in [-0.2, -0.15) is 23.5 Å². The van der Waals surface area contributed by atoms with Crippen molar-refractivity contribution in [2.45, 2.75) is 185 Å². The van der Waals surface area contributed by atoms with E-state index in [0.29, 0.717) is 57.6 Å². The first-order valence-corrected chi connectivity index (χ1v) is 37.0. The van der Waals surface area contributed by atoms with Crippen LogP contribution in [-0.2, 0) is 83.5 Å². The van der Waals surface area contributed by atoms with E-state index < -0.39 is 119 Å². The number of Topliss-reactive ketones (excluding diaryl/α,β-unsaturated/α-hetero) is 2. The van der Waals surface area contributed by atoms with Crippen LogP contribution in [0.5, 0.6) is 17.2 Å². The Balaban J connectivity index is 1.43. The van der Waals surface area contributed by atoms with Crippen molar-refractivity contribution in [1.29, 1.82) is 0 Å². The minimum absolute atomic E-state index is 0.0278. The fourth-order valence-electron chi connectivity index (χ4n) is 12.7. The molecule has 0 aliphatic carbocycles. The minimum atomic E-state index is -1.49. The van der Waals surface area contributed by atoms with Gasteiger partial charge in [-0.3, -0.25) is 47.9 Å². The number of hydrogen-bond donors (Lipinski definition) is 6. The number of likely N-dealkylation sites (N-methyl/N-ethyl adjacent to an activating group) is 1. The van der Waals surface area contributed by atoms with Crippen molar-refractivity contribution < 1.29 is 66.9 Å². The molecule has 10 atom stereocenters. The molecule has 4 aromatic rings. The van der Waals surface area contributed by atoms with Crippen molar-refractivity contribution in [1.82, 2.24) is 36.4 Å². The molecular weight excluding hydrogens is 1310 g/mol. The molecule has 2 heterocycles. The topological polar surface area (TPSA) is 300 Å². The summed E-state index contributed by atoms with van der Waals surface area (Å²) in [5.74, 6) is -5.16. The first kappa shape index (κ1) is 81.0. The van der Waals surface area contributed by atoms with Gasteiger partial charge in [0.1, 0.15) is 47.0 Å². The van der Waals surface area contributed by atoms with Gasteiger partial charge in [-0.05, 0) is 134 Å². The van der Waals surface area contributed by atoms with Crippen LogP contribution in [-0.4, -0.2) is 170 Å². The molecule has 100 heavy (non-hydrogen) atoms. The van der Waals surface area contributed by atoms with Crippen LogP contribution in [0, 0.1) is 29.6 Å². The second kappa shape index (κ2) is 39.3. The van der Waals surface area contributed by atoms with E-state index in [2.05, 4.69) is 26.6 Å². The number of ketones is 2. The van der Waals surface area contributed by atoms with Gasteiger partial charge in [0.25, 0.3) is 0 Å². The number of nitrogens with zero attached hydrogens (tertiary/aromatic N) is 2. The number of hydrogen-bond acceptors (Lipinski definition) is 16. The Kier molecular flexibility index (Phi) is 31.8. The summed E-state index contributed by atoms with van der Waals surface area (Å²) in [4.78, 5) is 151. The fraction of sp³-hybridized carbons (Fsp3) is 0.553. The molecule has 2 bridgehead atoms. The Hall–Kier alpha value is -7.96. The Morgan fingerprint density at radius 2 is 1.08 bits per heavy atom. The number of carbonyl (C=O) groups is 10. The molecule has 0 aromatic heterocycles. The lowest BCUT2D eigenvalue weighted by Gasteiger charge is -2.37. The number of thioether (sulfide) groups is 2. The van der Waals surface area contributed by atoms with Gasteiger partial charge in [0.05, 0.1) is 45.4 Å². The number of primary amides is 1. The first-order valence-electron chi connectivity index (χ1n) is 34.7. The maximum atomic E-state index is 15.6. The van der Waals surface area contributed by atoms with E-state index in [9.17, 15) is 19.2 Å². The fourth-order valence-corrected chi connectivity index (χ4v) is 14.6. The molecule has 1 saturated heterocycles. The zero-order valence-electron chi connectivity index (χ0n) is 60.5. The maximum absolute atomic E-state index is 15.6. The monoisotopic (exact) mass is 1420 g/mol. The minimum Gasteiger partial charge on any atom is -0.497 e. The highest BCUT2D eigenvalue weighted by atomic mass is 32.2. The summed E-state index contributed by atoms with van der Waals surface area (Å²) < 4.78 is 22.1. The number of benzene rings is 4. The molecule has 8 amide bonds.